The average Bonchev–Trinajstić information content (AvgIpc) is 2.96. The molecule has 2 aliphatic rings. The Morgan fingerprint density at radius 3 is 2.60 bits per heavy atom. The Morgan fingerprint density at radius 1 is 1.35 bits per heavy atom. The van der Waals surface area contributed by atoms with Gasteiger partial charge in [0.15, 0.2) is 5.15 Å². The largest absolute Gasteiger partial charge is 0.465 e. The molecule has 0 spiro atoms. The molecule has 3 atom stereocenters. The van der Waals surface area contributed by atoms with Gasteiger partial charge in [0.25, 0.3) is 0 Å². The molecule has 7 heteroatoms. The Kier molecular flexibility index (Phi) is 3.65. The molecule has 2 N–H and O–H groups in total. The van der Waals surface area contributed by atoms with Gasteiger partial charge in [-0.05, 0) is 42.7 Å². The fourth-order valence-corrected chi connectivity index (χ4v) is 3.51. The average molecular weight is 297 g/mol. The van der Waals surface area contributed by atoms with Crippen molar-refractivity contribution in [1.29, 1.82) is 0 Å². The zero-order valence-electron chi connectivity index (χ0n) is 11.0. The number of nitrogens with zero attached hydrogens (tertiary/aromatic N) is 3. The van der Waals surface area contributed by atoms with E-state index in [-0.39, 0.29) is 0 Å². The zero-order valence-corrected chi connectivity index (χ0v) is 11.8. The van der Waals surface area contributed by atoms with Crippen LogP contribution in [0.15, 0.2) is 12.1 Å². The normalized spacial score (nSPS) is 28.4. The maximum Gasteiger partial charge on any atom is 0.407 e. The van der Waals surface area contributed by atoms with Crippen molar-refractivity contribution in [1.82, 2.24) is 15.1 Å². The number of rotatable bonds is 3. The van der Waals surface area contributed by atoms with Gasteiger partial charge in [-0.2, -0.15) is 0 Å². The van der Waals surface area contributed by atoms with Crippen LogP contribution in [0.4, 0.5) is 10.6 Å². The fraction of sp³-hybridized carbons (Fsp3) is 0.615. The van der Waals surface area contributed by atoms with E-state index in [2.05, 4.69) is 15.5 Å². The maximum atomic E-state index is 10.9. The Hall–Kier alpha value is -1.56. The van der Waals surface area contributed by atoms with Gasteiger partial charge in [0, 0.05) is 19.6 Å². The molecule has 1 aliphatic heterocycles. The number of halogens is 1. The summed E-state index contributed by atoms with van der Waals surface area (Å²) in [5.74, 6) is 2.36. The molecule has 2 heterocycles. The van der Waals surface area contributed by atoms with Gasteiger partial charge in [0.1, 0.15) is 5.82 Å². The van der Waals surface area contributed by atoms with Gasteiger partial charge in [0.05, 0.1) is 0 Å². The number of hydrogen-bond donors (Lipinski definition) is 2. The first-order valence-corrected chi connectivity index (χ1v) is 7.20. The van der Waals surface area contributed by atoms with Crippen LogP contribution in [0.25, 0.3) is 0 Å². The topological polar surface area (TPSA) is 78.4 Å². The summed E-state index contributed by atoms with van der Waals surface area (Å²) in [6.07, 6.45) is 1.38. The molecule has 1 saturated heterocycles. The summed E-state index contributed by atoms with van der Waals surface area (Å²) in [4.78, 5) is 12.5. The van der Waals surface area contributed by atoms with Crippen LogP contribution in [0, 0.1) is 17.8 Å². The molecule has 1 saturated carbocycles. The number of carbonyl (C=O) groups is 1. The quantitative estimate of drug-likeness (QED) is 0.894. The van der Waals surface area contributed by atoms with Crippen molar-refractivity contribution in [2.75, 3.05) is 25.0 Å². The SMILES string of the molecule is O=C(O)N1C[C@H]2C[C@@H](CNc3ccc(Cl)nn3)C[C@H]2C1. The molecular formula is C13H17ClN4O2. The highest BCUT2D eigenvalue weighted by Crippen LogP contribution is 2.41. The van der Waals surface area contributed by atoms with Crippen LogP contribution in [0.1, 0.15) is 12.8 Å². The second-order valence-electron chi connectivity index (χ2n) is 5.67. The Balaban J connectivity index is 1.48. The number of nitrogens with one attached hydrogen (secondary N) is 1. The van der Waals surface area contributed by atoms with Gasteiger partial charge in [-0.3, -0.25) is 0 Å². The Labute approximate surface area is 122 Å². The highest BCUT2D eigenvalue weighted by Gasteiger charge is 2.42. The van der Waals surface area contributed by atoms with Crippen molar-refractivity contribution in [3.05, 3.63) is 17.3 Å². The van der Waals surface area contributed by atoms with Crippen molar-refractivity contribution in [3.8, 4) is 0 Å². The number of anilines is 1. The van der Waals surface area contributed by atoms with E-state index in [0.29, 0.717) is 36.0 Å². The van der Waals surface area contributed by atoms with Crippen LogP contribution in [-0.4, -0.2) is 45.9 Å². The minimum absolute atomic E-state index is 0.389. The first kappa shape index (κ1) is 13.4. The summed E-state index contributed by atoms with van der Waals surface area (Å²) >= 11 is 5.69. The summed E-state index contributed by atoms with van der Waals surface area (Å²) in [6.45, 7) is 2.24. The molecule has 1 amide bonds. The summed E-state index contributed by atoms with van der Waals surface area (Å²) in [6, 6.07) is 3.53. The minimum Gasteiger partial charge on any atom is -0.465 e. The van der Waals surface area contributed by atoms with E-state index in [1.54, 1.807) is 11.0 Å². The molecule has 2 fully saturated rings. The van der Waals surface area contributed by atoms with Crippen LogP contribution >= 0.6 is 11.6 Å². The molecule has 6 nitrogen and oxygen atoms in total. The first-order valence-electron chi connectivity index (χ1n) is 6.83. The number of aromatic nitrogens is 2. The number of carboxylic acid groups (broad SMARTS) is 1. The molecule has 0 aromatic carbocycles. The lowest BCUT2D eigenvalue weighted by Gasteiger charge is -2.16. The lowest BCUT2D eigenvalue weighted by molar-refractivity contribution is 0.151. The van der Waals surface area contributed by atoms with Crippen molar-refractivity contribution < 1.29 is 9.90 Å². The molecular weight excluding hydrogens is 280 g/mol. The summed E-state index contributed by atoms with van der Waals surface area (Å²) < 4.78 is 0. The maximum absolute atomic E-state index is 10.9. The van der Waals surface area contributed by atoms with Gasteiger partial charge in [-0.1, -0.05) is 11.6 Å². The molecule has 1 aromatic rings. The van der Waals surface area contributed by atoms with Gasteiger partial charge in [0.2, 0.25) is 0 Å². The van der Waals surface area contributed by atoms with E-state index >= 15 is 0 Å². The highest BCUT2D eigenvalue weighted by atomic mass is 35.5. The van der Waals surface area contributed by atoms with Crippen molar-refractivity contribution in [3.63, 3.8) is 0 Å². The fourth-order valence-electron chi connectivity index (χ4n) is 3.41. The van der Waals surface area contributed by atoms with E-state index in [1.165, 1.54) is 0 Å². The third-order valence-electron chi connectivity index (χ3n) is 4.32. The number of amides is 1. The molecule has 0 radical (unpaired) electrons. The van der Waals surface area contributed by atoms with Gasteiger partial charge >= 0.3 is 6.09 Å². The molecule has 3 rings (SSSR count). The van der Waals surface area contributed by atoms with E-state index in [9.17, 15) is 4.79 Å². The van der Waals surface area contributed by atoms with E-state index in [1.807, 2.05) is 6.07 Å². The lowest BCUT2D eigenvalue weighted by atomic mass is 10.0. The molecule has 0 bridgehead atoms. The lowest BCUT2D eigenvalue weighted by Crippen LogP contribution is -2.28. The molecule has 1 aromatic heterocycles. The summed E-state index contributed by atoms with van der Waals surface area (Å²) in [5.41, 5.74) is 0. The van der Waals surface area contributed by atoms with Crippen LogP contribution in [0.2, 0.25) is 5.15 Å². The van der Waals surface area contributed by atoms with Crippen molar-refractivity contribution in [2.45, 2.75) is 12.8 Å². The van der Waals surface area contributed by atoms with Gasteiger partial charge in [-0.25, -0.2) is 4.79 Å². The second-order valence-corrected chi connectivity index (χ2v) is 6.05. The summed E-state index contributed by atoms with van der Waals surface area (Å²) in [7, 11) is 0. The van der Waals surface area contributed by atoms with Crippen LogP contribution in [0.3, 0.4) is 0 Å². The predicted molar refractivity (Wildman–Crippen MR) is 74.8 cm³/mol. The molecule has 108 valence electrons. The third kappa shape index (κ3) is 2.80. The second kappa shape index (κ2) is 5.44. The smallest absolute Gasteiger partial charge is 0.407 e. The highest BCUT2D eigenvalue weighted by molar-refractivity contribution is 6.29. The summed E-state index contributed by atoms with van der Waals surface area (Å²) in [5, 5.41) is 20.4. The predicted octanol–water partition coefficient (Wildman–Crippen LogP) is 2.18. The van der Waals surface area contributed by atoms with Crippen LogP contribution in [-0.2, 0) is 0 Å². The molecule has 1 aliphatic carbocycles. The van der Waals surface area contributed by atoms with Gasteiger partial charge < -0.3 is 15.3 Å². The van der Waals surface area contributed by atoms with Crippen molar-refractivity contribution in [2.24, 2.45) is 17.8 Å². The van der Waals surface area contributed by atoms with Gasteiger partial charge in [-0.15, -0.1) is 10.2 Å². The van der Waals surface area contributed by atoms with Crippen molar-refractivity contribution >= 4 is 23.5 Å². The number of fused-ring (bicyclic) bond motifs is 1. The number of likely N-dealkylation sites (tertiary alicyclic amines) is 1. The Bertz CT molecular complexity index is 482. The standard InChI is InChI=1S/C13H17ClN4O2/c14-11-1-2-12(17-16-11)15-5-8-3-9-6-18(13(19)20)7-10(9)4-8/h1-2,8-10H,3-7H2,(H,15,17)(H,19,20)/t8-,9-,10+. The molecule has 20 heavy (non-hydrogen) atoms. The third-order valence-corrected chi connectivity index (χ3v) is 4.52. The zero-order chi connectivity index (χ0) is 14.1. The van der Waals surface area contributed by atoms with Crippen LogP contribution < -0.4 is 5.32 Å². The number of hydrogen-bond acceptors (Lipinski definition) is 4. The van der Waals surface area contributed by atoms with E-state index < -0.39 is 6.09 Å². The molecule has 0 unspecified atom stereocenters. The monoisotopic (exact) mass is 296 g/mol. The van der Waals surface area contributed by atoms with E-state index in [4.69, 9.17) is 16.7 Å². The Morgan fingerprint density at radius 2 is 2.05 bits per heavy atom. The minimum atomic E-state index is -0.787. The van der Waals surface area contributed by atoms with Crippen LogP contribution in [0.5, 0.6) is 0 Å². The first-order chi connectivity index (χ1) is 9.61. The van der Waals surface area contributed by atoms with E-state index in [0.717, 1.165) is 25.2 Å².